The normalized spacial score (nSPS) is 21.0. The van der Waals surface area contributed by atoms with Crippen molar-refractivity contribution in [1.82, 2.24) is 35.1 Å². The van der Waals surface area contributed by atoms with E-state index in [-0.39, 0.29) is 36.4 Å². The number of hydrogen-bond donors (Lipinski definition) is 4. The molecule has 5 atom stereocenters. The molecular weight excluding hydrogens is 731 g/mol. The molecule has 1 aliphatic carbocycles. The molecule has 2 amide bonds. The lowest BCUT2D eigenvalue weighted by Gasteiger charge is -2.24. The third-order valence-electron chi connectivity index (χ3n) is 10.2. The minimum atomic E-state index is -5.32. The van der Waals surface area contributed by atoms with Crippen molar-refractivity contribution in [3.8, 4) is 0 Å². The Labute approximate surface area is 319 Å². The van der Waals surface area contributed by atoms with E-state index >= 15 is 0 Å². The number of aliphatic hydroxyl groups is 1. The summed E-state index contributed by atoms with van der Waals surface area (Å²) in [5, 5.41) is 20.6. The van der Waals surface area contributed by atoms with Gasteiger partial charge in [0.2, 0.25) is 11.9 Å². The van der Waals surface area contributed by atoms with Crippen LogP contribution in [0.25, 0.3) is 11.2 Å². The number of nitrogens with one attached hydrogen (secondary N) is 3. The molecule has 4 N–H and O–H groups in total. The molecule has 1 saturated heterocycles. The van der Waals surface area contributed by atoms with Gasteiger partial charge in [0.15, 0.2) is 23.1 Å². The molecule has 3 aromatic heterocycles. The first-order chi connectivity index (χ1) is 27.0. The van der Waals surface area contributed by atoms with Crippen LogP contribution in [0.5, 0.6) is 0 Å². The fourth-order valence-electron chi connectivity index (χ4n) is 7.30. The Bertz CT molecular complexity index is 2120. The molecular formula is C39H40F3N9O5. The first-order valence-corrected chi connectivity index (χ1v) is 18.3. The highest BCUT2D eigenvalue weighted by molar-refractivity contribution is 5.94. The van der Waals surface area contributed by atoms with E-state index in [9.17, 15) is 32.7 Å². The number of hydrogen-bond acceptors (Lipinski definition) is 11. The van der Waals surface area contributed by atoms with Gasteiger partial charge in [0.1, 0.15) is 6.10 Å². The van der Waals surface area contributed by atoms with Gasteiger partial charge in [0.05, 0.1) is 18.4 Å². The van der Waals surface area contributed by atoms with Crippen molar-refractivity contribution >= 4 is 40.7 Å². The van der Waals surface area contributed by atoms with Gasteiger partial charge in [-0.05, 0) is 36.1 Å². The summed E-state index contributed by atoms with van der Waals surface area (Å²) in [5.74, 6) is -2.65. The van der Waals surface area contributed by atoms with Crippen LogP contribution in [0.4, 0.5) is 24.9 Å². The molecule has 2 fully saturated rings. The first kappa shape index (κ1) is 38.2. The molecule has 7 rings (SSSR count). The van der Waals surface area contributed by atoms with Crippen molar-refractivity contribution in [3.05, 3.63) is 108 Å². The van der Waals surface area contributed by atoms with Gasteiger partial charge in [0.25, 0.3) is 5.91 Å². The fraction of sp³-hybridized carbons (Fsp3) is 0.359. The highest BCUT2D eigenvalue weighted by atomic mass is 19.4. The second-order valence-electron chi connectivity index (χ2n) is 13.8. The number of ether oxygens (including phenoxy) is 1. The SMILES string of the molecule is CCC(=O)N[C@H]1C[C@@H](n2cnc3c(NCC(c4ccccc4)c4ccccc4)nc(N4CC[C@@H](NC(=O)c5ccncc5)C4)nc32)[C@H](O)[C@@H]1OC(=O)C(F)(F)F. The van der Waals surface area contributed by atoms with Crippen LogP contribution in [-0.2, 0) is 14.3 Å². The lowest BCUT2D eigenvalue weighted by atomic mass is 9.91. The van der Waals surface area contributed by atoms with Gasteiger partial charge < -0.3 is 35.3 Å². The highest BCUT2D eigenvalue weighted by Gasteiger charge is 2.51. The Morgan fingerprint density at radius 2 is 1.64 bits per heavy atom. The van der Waals surface area contributed by atoms with Crippen molar-refractivity contribution in [2.45, 2.75) is 68.6 Å². The maximum atomic E-state index is 13.3. The molecule has 2 aromatic carbocycles. The van der Waals surface area contributed by atoms with Gasteiger partial charge in [0, 0.05) is 56.0 Å². The number of rotatable bonds is 12. The quantitative estimate of drug-likeness (QED) is 0.134. The fourth-order valence-corrected chi connectivity index (χ4v) is 7.30. The number of benzene rings is 2. The minimum Gasteiger partial charge on any atom is -0.451 e. The first-order valence-electron chi connectivity index (χ1n) is 18.3. The number of carbonyl (C=O) groups excluding carboxylic acids is 3. The van der Waals surface area contributed by atoms with Gasteiger partial charge in [-0.2, -0.15) is 23.1 Å². The Kier molecular flexibility index (Phi) is 11.1. The third kappa shape index (κ3) is 8.27. The van der Waals surface area contributed by atoms with Gasteiger partial charge in [-0.25, -0.2) is 9.78 Å². The molecule has 0 radical (unpaired) electrons. The van der Waals surface area contributed by atoms with Crippen molar-refractivity contribution in [3.63, 3.8) is 0 Å². The predicted molar refractivity (Wildman–Crippen MR) is 199 cm³/mol. The summed E-state index contributed by atoms with van der Waals surface area (Å²) < 4.78 is 46.3. The zero-order valence-electron chi connectivity index (χ0n) is 30.3. The molecule has 292 valence electrons. The number of anilines is 2. The molecule has 14 nitrogen and oxygen atoms in total. The summed E-state index contributed by atoms with van der Waals surface area (Å²) in [6.45, 7) is 2.82. The Morgan fingerprint density at radius 1 is 0.964 bits per heavy atom. The monoisotopic (exact) mass is 771 g/mol. The highest BCUT2D eigenvalue weighted by Crippen LogP contribution is 2.38. The van der Waals surface area contributed by atoms with Gasteiger partial charge in [-0.3, -0.25) is 14.6 Å². The predicted octanol–water partition coefficient (Wildman–Crippen LogP) is 4.15. The summed E-state index contributed by atoms with van der Waals surface area (Å²) >= 11 is 0. The topological polar surface area (TPSA) is 176 Å². The van der Waals surface area contributed by atoms with E-state index < -0.39 is 42.3 Å². The molecule has 17 heteroatoms. The Balaban J connectivity index is 1.23. The number of carbonyl (C=O) groups is 3. The average molecular weight is 772 g/mol. The van der Waals surface area contributed by atoms with Crippen LogP contribution in [0.15, 0.2) is 91.5 Å². The molecule has 1 saturated carbocycles. The summed E-state index contributed by atoms with van der Waals surface area (Å²) in [6.07, 6.45) is -3.68. The van der Waals surface area contributed by atoms with Gasteiger partial charge >= 0.3 is 12.1 Å². The van der Waals surface area contributed by atoms with Crippen molar-refractivity contribution in [2.75, 3.05) is 29.9 Å². The van der Waals surface area contributed by atoms with E-state index in [0.29, 0.717) is 48.9 Å². The number of pyridine rings is 1. The van der Waals surface area contributed by atoms with Crippen LogP contribution in [-0.4, -0.2) is 97.5 Å². The number of nitrogens with zero attached hydrogens (tertiary/aromatic N) is 6. The zero-order valence-corrected chi connectivity index (χ0v) is 30.3. The van der Waals surface area contributed by atoms with Crippen LogP contribution < -0.4 is 20.9 Å². The zero-order chi connectivity index (χ0) is 39.4. The van der Waals surface area contributed by atoms with Gasteiger partial charge in [-0.1, -0.05) is 67.6 Å². The number of fused-ring (bicyclic) bond motifs is 1. The Morgan fingerprint density at radius 3 is 2.29 bits per heavy atom. The molecule has 0 spiro atoms. The molecule has 4 heterocycles. The summed E-state index contributed by atoms with van der Waals surface area (Å²) in [7, 11) is 0. The summed E-state index contributed by atoms with van der Waals surface area (Å²) in [5.41, 5.74) is 3.17. The lowest BCUT2D eigenvalue weighted by molar-refractivity contribution is -0.209. The van der Waals surface area contributed by atoms with Gasteiger partial charge in [-0.15, -0.1) is 0 Å². The van der Waals surface area contributed by atoms with E-state index in [2.05, 4.69) is 25.9 Å². The second kappa shape index (κ2) is 16.3. The maximum absolute atomic E-state index is 13.3. The number of esters is 1. The lowest BCUT2D eigenvalue weighted by Crippen LogP contribution is -2.47. The summed E-state index contributed by atoms with van der Waals surface area (Å²) in [4.78, 5) is 57.6. The molecule has 1 aliphatic heterocycles. The van der Waals surface area contributed by atoms with Crippen molar-refractivity contribution in [2.24, 2.45) is 0 Å². The standard InChI is InChI=1S/C39H40F3N9O5/c1-2-30(52)47-28-19-29(32(53)33(28)56-37(55)39(40,41)42)51-22-45-31-34(44-20-27(23-9-5-3-6-10-23)24-11-7-4-8-12-24)48-38(49-35(31)51)50-18-15-26(21-50)46-36(54)25-13-16-43-17-14-25/h3-14,16-17,22,26-29,32-33,53H,2,15,18-21H2,1H3,(H,46,54)(H,47,52)(H,44,48,49)/t26-,28+,29-,32+,33-/m1/s1. The van der Waals surface area contributed by atoms with Crippen LogP contribution in [0, 0.1) is 0 Å². The molecule has 2 aliphatic rings. The van der Waals surface area contributed by atoms with E-state index in [4.69, 9.17) is 14.7 Å². The van der Waals surface area contributed by atoms with E-state index in [1.54, 1.807) is 31.5 Å². The van der Waals surface area contributed by atoms with Crippen LogP contribution in [0.2, 0.25) is 0 Å². The minimum absolute atomic E-state index is 0.0175. The van der Waals surface area contributed by atoms with Crippen LogP contribution >= 0.6 is 0 Å². The number of amides is 2. The molecule has 0 unspecified atom stereocenters. The Hall–Kier alpha value is -6.10. The number of imidazole rings is 1. The average Bonchev–Trinajstić information content (AvgIpc) is 3.93. The van der Waals surface area contributed by atoms with Crippen molar-refractivity contribution in [1.29, 1.82) is 0 Å². The van der Waals surface area contributed by atoms with Crippen LogP contribution in [0.1, 0.15) is 59.6 Å². The molecule has 0 bridgehead atoms. The summed E-state index contributed by atoms with van der Waals surface area (Å²) in [6, 6.07) is 20.8. The third-order valence-corrected chi connectivity index (χ3v) is 10.2. The maximum Gasteiger partial charge on any atom is 0.490 e. The molecule has 5 aromatic rings. The number of aromatic nitrogens is 5. The number of alkyl halides is 3. The number of halogens is 3. The second-order valence-corrected chi connectivity index (χ2v) is 13.8. The molecule has 56 heavy (non-hydrogen) atoms. The largest absolute Gasteiger partial charge is 0.490 e. The van der Waals surface area contributed by atoms with E-state index in [0.717, 1.165) is 11.1 Å². The van der Waals surface area contributed by atoms with E-state index in [1.807, 2.05) is 65.6 Å². The smallest absolute Gasteiger partial charge is 0.451 e. The number of aliphatic hydroxyl groups excluding tert-OH is 1. The van der Waals surface area contributed by atoms with Crippen LogP contribution in [0.3, 0.4) is 0 Å². The van der Waals surface area contributed by atoms with E-state index in [1.165, 1.54) is 10.9 Å². The van der Waals surface area contributed by atoms with Crippen molar-refractivity contribution < 1.29 is 37.4 Å².